The van der Waals surface area contributed by atoms with Crippen LogP contribution in [0.4, 0.5) is 0 Å². The molecule has 0 saturated heterocycles. The van der Waals surface area contributed by atoms with Crippen molar-refractivity contribution in [2.75, 3.05) is 0 Å². The number of nitrogens with zero attached hydrogens (tertiary/aromatic N) is 3. The molecule has 0 unspecified atom stereocenters. The summed E-state index contributed by atoms with van der Waals surface area (Å²) in [6.45, 7) is 10.2. The van der Waals surface area contributed by atoms with Gasteiger partial charge in [-0.3, -0.25) is 9.34 Å². The molecule has 0 atom stereocenters. The summed E-state index contributed by atoms with van der Waals surface area (Å²) in [5.41, 5.74) is 3.27. The second-order valence-corrected chi connectivity index (χ2v) is 20.0. The van der Waals surface area contributed by atoms with Crippen LogP contribution in [-0.2, 0) is 0 Å². The minimum absolute atomic E-state index is 0.282. The first kappa shape index (κ1) is 32.2. The molecule has 5 rings (SSSR count). The summed E-state index contributed by atoms with van der Waals surface area (Å²) >= 11 is 0. The fraction of sp³-hybridized carbons (Fsp3) is 0.833. The minimum Gasteiger partial charge on any atom is -0.325 e. The zero-order chi connectivity index (χ0) is 28.6. The van der Waals surface area contributed by atoms with Gasteiger partial charge in [-0.05, 0) is 62.7 Å². The van der Waals surface area contributed by atoms with Gasteiger partial charge in [0.25, 0.3) is 0 Å². The van der Waals surface area contributed by atoms with Gasteiger partial charge in [-0.1, -0.05) is 131 Å². The van der Waals surface area contributed by atoms with E-state index in [1.807, 2.05) is 5.52 Å². The van der Waals surface area contributed by atoms with E-state index < -0.39 is 8.22 Å². The maximum absolute atomic E-state index is 3.34. The zero-order valence-corrected chi connectivity index (χ0v) is 29.0. The van der Waals surface area contributed by atoms with Crippen molar-refractivity contribution >= 4 is 16.1 Å². The molecular weight excluding hydrogens is 536 g/mol. The Labute approximate surface area is 257 Å². The summed E-state index contributed by atoms with van der Waals surface area (Å²) in [4.78, 5) is 0. The molecule has 4 fully saturated rings. The second-order valence-electron chi connectivity index (χ2n) is 14.4. The molecule has 0 radical (unpaired) electrons. The molecule has 3 nitrogen and oxygen atoms in total. The minimum atomic E-state index is -0.548. The lowest BCUT2D eigenvalue weighted by Crippen LogP contribution is -2.55. The van der Waals surface area contributed by atoms with E-state index in [0.29, 0.717) is 11.3 Å². The van der Waals surface area contributed by atoms with Gasteiger partial charge < -0.3 is 4.57 Å². The van der Waals surface area contributed by atoms with Gasteiger partial charge in [0, 0.05) is 24.2 Å². The van der Waals surface area contributed by atoms with E-state index in [1.165, 1.54) is 128 Å². The van der Waals surface area contributed by atoms with E-state index in [0.717, 1.165) is 24.2 Å². The first-order chi connectivity index (χ1) is 20.1. The van der Waals surface area contributed by atoms with Gasteiger partial charge in [-0.2, -0.15) is 0 Å². The molecule has 0 bridgehead atoms. The predicted molar refractivity (Wildman–Crippen MR) is 181 cm³/mol. The normalized spacial score (nSPS) is 23.1. The first-order valence-corrected chi connectivity index (χ1v) is 20.8. The Balaban J connectivity index is 1.70. The summed E-state index contributed by atoms with van der Waals surface area (Å²) in [5, 5.41) is 0. The number of hydrogen-bond donors (Lipinski definition) is 0. The van der Waals surface area contributed by atoms with E-state index in [4.69, 9.17) is 0 Å². The van der Waals surface area contributed by atoms with Crippen molar-refractivity contribution in [3.8, 4) is 0 Å². The Morgan fingerprint density at radius 2 is 0.829 bits per heavy atom. The third-order valence-corrected chi connectivity index (χ3v) is 17.6. The highest BCUT2D eigenvalue weighted by Gasteiger charge is 2.49. The Morgan fingerprint density at radius 1 is 0.512 bits per heavy atom. The van der Waals surface area contributed by atoms with Crippen LogP contribution in [0.25, 0.3) is 0 Å². The predicted octanol–water partition coefficient (Wildman–Crippen LogP) is 10.8. The molecule has 41 heavy (non-hydrogen) atoms. The average Bonchev–Trinajstić information content (AvgIpc) is 3.02. The molecule has 1 heterocycles. The molecule has 5 heteroatoms. The fourth-order valence-electron chi connectivity index (χ4n) is 8.85. The molecule has 4 aliphatic carbocycles. The van der Waals surface area contributed by atoms with Gasteiger partial charge in [0.05, 0.1) is 20.6 Å². The molecule has 0 aromatic carbocycles. The SMILES string of the molecule is CC(C)P([C-]([n+]1ccccc1)P(N(C1CCCCC1)C1CCCCC1)N(C1CCCCC1)C1CCCCC1)C(C)C. The smallest absolute Gasteiger partial charge is 0.133 e. The van der Waals surface area contributed by atoms with Crippen LogP contribution in [0.2, 0.25) is 0 Å². The third kappa shape index (κ3) is 8.10. The molecule has 0 amide bonds. The quantitative estimate of drug-likeness (QED) is 0.142. The van der Waals surface area contributed by atoms with Crippen molar-refractivity contribution in [3.63, 3.8) is 0 Å². The Bertz CT molecular complexity index is 771. The molecule has 0 aliphatic heterocycles. The lowest BCUT2D eigenvalue weighted by Gasteiger charge is -2.57. The van der Waals surface area contributed by atoms with Crippen LogP contribution in [0, 0.1) is 5.52 Å². The summed E-state index contributed by atoms with van der Waals surface area (Å²) < 4.78 is 9.38. The Morgan fingerprint density at radius 3 is 1.12 bits per heavy atom. The zero-order valence-electron chi connectivity index (χ0n) is 27.2. The topological polar surface area (TPSA) is 10.4 Å². The monoisotopic (exact) mass is 599 g/mol. The van der Waals surface area contributed by atoms with Crippen molar-refractivity contribution in [2.24, 2.45) is 0 Å². The van der Waals surface area contributed by atoms with Gasteiger partial charge in [0.15, 0.2) is 0 Å². The number of hydrogen-bond acceptors (Lipinski definition) is 2. The maximum Gasteiger partial charge on any atom is 0.133 e. The van der Waals surface area contributed by atoms with Crippen molar-refractivity contribution in [3.05, 3.63) is 36.1 Å². The van der Waals surface area contributed by atoms with Crippen molar-refractivity contribution < 1.29 is 4.57 Å². The average molecular weight is 600 g/mol. The van der Waals surface area contributed by atoms with Crippen molar-refractivity contribution in [1.82, 2.24) is 9.34 Å². The van der Waals surface area contributed by atoms with Crippen LogP contribution < -0.4 is 4.57 Å². The lowest BCUT2D eigenvalue weighted by molar-refractivity contribution is -0.631. The van der Waals surface area contributed by atoms with E-state index >= 15 is 0 Å². The maximum atomic E-state index is 3.34. The standard InChI is InChI=1S/C36H63N3P2/c1-30(2)40(31(3)4)36(37-28-18-9-19-29-37)41(38(32-20-10-5-11-21-32)33-22-12-6-13-23-33)39(34-24-14-7-15-25-34)35-26-16-8-17-27-35/h9,18-19,28-35H,5-8,10-17,20-27H2,1-4H3. The summed E-state index contributed by atoms with van der Waals surface area (Å²) in [7, 11) is -0.829. The first-order valence-electron chi connectivity index (χ1n) is 18.0. The summed E-state index contributed by atoms with van der Waals surface area (Å²) in [6.07, 6.45) is 33.8. The van der Waals surface area contributed by atoms with Gasteiger partial charge >= 0.3 is 0 Å². The molecular formula is C36H63N3P2. The number of rotatable bonds is 11. The molecule has 1 aromatic rings. The van der Waals surface area contributed by atoms with Crippen molar-refractivity contribution in [2.45, 2.75) is 192 Å². The van der Waals surface area contributed by atoms with Crippen LogP contribution >= 0.6 is 16.1 Å². The highest BCUT2D eigenvalue weighted by Crippen LogP contribution is 2.72. The number of pyridine rings is 1. The van der Waals surface area contributed by atoms with E-state index in [1.54, 1.807) is 0 Å². The van der Waals surface area contributed by atoms with Gasteiger partial charge in [-0.25, -0.2) is 0 Å². The Kier molecular flexibility index (Phi) is 12.7. The third-order valence-electron chi connectivity index (χ3n) is 10.7. The van der Waals surface area contributed by atoms with Gasteiger partial charge in [0.2, 0.25) is 0 Å². The Hall–Kier alpha value is -0.200. The second kappa shape index (κ2) is 16.2. The fourth-order valence-corrected chi connectivity index (χ4v) is 17.4. The summed E-state index contributed by atoms with van der Waals surface area (Å²) in [5.74, 6) is 0. The van der Waals surface area contributed by atoms with Crippen LogP contribution in [0.15, 0.2) is 30.6 Å². The summed E-state index contributed by atoms with van der Waals surface area (Å²) in [6, 6.07) is 10.00. The van der Waals surface area contributed by atoms with Crippen LogP contribution in [0.3, 0.4) is 0 Å². The van der Waals surface area contributed by atoms with E-state index in [-0.39, 0.29) is 7.92 Å². The molecule has 232 valence electrons. The molecule has 1 aromatic heterocycles. The van der Waals surface area contributed by atoms with Crippen LogP contribution in [0.5, 0.6) is 0 Å². The van der Waals surface area contributed by atoms with Gasteiger partial charge in [-0.15, -0.1) is 0 Å². The molecule has 0 N–H and O–H groups in total. The van der Waals surface area contributed by atoms with Gasteiger partial charge in [0.1, 0.15) is 5.52 Å². The highest BCUT2D eigenvalue weighted by atomic mass is 31.2. The van der Waals surface area contributed by atoms with Crippen LogP contribution in [0.1, 0.15) is 156 Å². The largest absolute Gasteiger partial charge is 0.325 e. The molecule has 0 spiro atoms. The number of aromatic nitrogens is 1. The van der Waals surface area contributed by atoms with E-state index in [2.05, 4.69) is 72.2 Å². The molecule has 4 saturated carbocycles. The van der Waals surface area contributed by atoms with Crippen molar-refractivity contribution in [1.29, 1.82) is 0 Å². The van der Waals surface area contributed by atoms with Crippen LogP contribution in [-0.4, -0.2) is 44.8 Å². The lowest BCUT2D eigenvalue weighted by atomic mass is 9.90. The van der Waals surface area contributed by atoms with E-state index in [9.17, 15) is 0 Å². The highest BCUT2D eigenvalue weighted by molar-refractivity contribution is 7.78. The molecule has 4 aliphatic rings.